The van der Waals surface area contributed by atoms with Crippen LogP contribution in [0.1, 0.15) is 39.7 Å². The van der Waals surface area contributed by atoms with Gasteiger partial charge in [0, 0.05) is 7.05 Å². The molecule has 0 heterocycles. The number of nitrogens with zero attached hydrogens (tertiary/aromatic N) is 2. The minimum absolute atomic E-state index is 0.128. The molecule has 0 amide bonds. The molecule has 0 aromatic heterocycles. The van der Waals surface area contributed by atoms with E-state index in [9.17, 15) is 0 Å². The molecule has 1 atom stereocenters. The van der Waals surface area contributed by atoms with Crippen LogP contribution in [0.4, 0.5) is 0 Å². The van der Waals surface area contributed by atoms with Gasteiger partial charge < -0.3 is 4.74 Å². The lowest BCUT2D eigenvalue weighted by Crippen LogP contribution is -2.37. The van der Waals surface area contributed by atoms with Gasteiger partial charge in [0.1, 0.15) is 18.9 Å². The van der Waals surface area contributed by atoms with Gasteiger partial charge >= 0.3 is 0 Å². The molecule has 1 aromatic rings. The average Bonchev–Trinajstić information content (AvgIpc) is 2.45. The Labute approximate surface area is 128 Å². The first kappa shape index (κ1) is 17.1. The highest BCUT2D eigenvalue weighted by Crippen LogP contribution is 2.28. The third-order valence-electron chi connectivity index (χ3n) is 3.65. The molecule has 0 saturated heterocycles. The van der Waals surface area contributed by atoms with Crippen molar-refractivity contribution in [2.45, 2.75) is 39.7 Å². The van der Waals surface area contributed by atoms with Crippen molar-refractivity contribution in [2.24, 2.45) is 11.0 Å². The molecule has 0 N–H and O–H groups in total. The van der Waals surface area contributed by atoms with Gasteiger partial charge in [0.15, 0.2) is 0 Å². The lowest BCUT2D eigenvalue weighted by atomic mass is 9.89. The highest BCUT2D eigenvalue weighted by atomic mass is 32.4. The highest BCUT2D eigenvalue weighted by molar-refractivity contribution is 7.95. The molecular weight excluding hydrogens is 287 g/mol. The van der Waals surface area contributed by atoms with Gasteiger partial charge in [-0.1, -0.05) is 20.8 Å². The van der Waals surface area contributed by atoms with Crippen LogP contribution in [0.25, 0.3) is 0 Å². The molecule has 0 aliphatic carbocycles. The van der Waals surface area contributed by atoms with Crippen LogP contribution >= 0.6 is 7.51 Å². The van der Waals surface area contributed by atoms with Gasteiger partial charge in [-0.2, -0.15) is 5.10 Å². The van der Waals surface area contributed by atoms with E-state index >= 15 is 0 Å². The van der Waals surface area contributed by atoms with Crippen LogP contribution in [0.15, 0.2) is 29.4 Å². The second-order valence-corrected chi connectivity index (χ2v) is 6.54. The molecule has 0 aliphatic heterocycles. The second-order valence-electron chi connectivity index (χ2n) is 5.31. The van der Waals surface area contributed by atoms with Crippen molar-refractivity contribution in [1.82, 2.24) is 4.78 Å². The van der Waals surface area contributed by atoms with Crippen molar-refractivity contribution in [3.05, 3.63) is 29.8 Å². The van der Waals surface area contributed by atoms with E-state index < -0.39 is 0 Å². The molecule has 110 valence electrons. The topological polar surface area (TPSA) is 24.8 Å². The Balaban J connectivity index is 2.76. The van der Waals surface area contributed by atoms with Crippen LogP contribution in [-0.4, -0.2) is 23.6 Å². The number of rotatable bonds is 7. The zero-order valence-corrected chi connectivity index (χ0v) is 14.5. The van der Waals surface area contributed by atoms with E-state index in [2.05, 4.69) is 32.8 Å². The summed E-state index contributed by atoms with van der Waals surface area (Å²) in [6.45, 7) is 8.69. The van der Waals surface area contributed by atoms with Crippen LogP contribution in [0.5, 0.6) is 5.75 Å². The third kappa shape index (κ3) is 4.84. The molecule has 1 unspecified atom stereocenters. The molecule has 0 radical (unpaired) electrons. The number of hydrogen-bond donors (Lipinski definition) is 0. The van der Waals surface area contributed by atoms with E-state index in [4.69, 9.17) is 16.5 Å². The van der Waals surface area contributed by atoms with Crippen molar-refractivity contribution in [1.29, 1.82) is 0 Å². The van der Waals surface area contributed by atoms with Gasteiger partial charge in [0.05, 0.1) is 6.21 Å². The molecule has 0 bridgehead atoms. The van der Waals surface area contributed by atoms with Crippen LogP contribution in [0, 0.1) is 5.92 Å². The Hall–Kier alpha value is -0.990. The zero-order valence-electron chi connectivity index (χ0n) is 12.8. The van der Waals surface area contributed by atoms with E-state index in [1.54, 1.807) is 11.0 Å². The molecule has 1 rings (SSSR count). The first-order valence-corrected chi connectivity index (χ1v) is 8.67. The summed E-state index contributed by atoms with van der Waals surface area (Å²) in [7, 11) is 2.55. The standard InChI is InChI=1S/C15H23N2OPS/c1-6-15(4,12(2)3)18-14-9-7-13(8-10-14)11-16-17(5)19-20/h7-12H,6H2,1-5H3. The Bertz CT molecular complexity index is 461. The van der Waals surface area contributed by atoms with Crippen molar-refractivity contribution in [2.75, 3.05) is 7.05 Å². The Morgan fingerprint density at radius 3 is 2.45 bits per heavy atom. The normalized spacial score (nSPS) is 14.7. The summed E-state index contributed by atoms with van der Waals surface area (Å²) in [6, 6.07) is 7.98. The van der Waals surface area contributed by atoms with Crippen LogP contribution < -0.4 is 4.74 Å². The van der Waals surface area contributed by atoms with Crippen molar-refractivity contribution < 1.29 is 4.74 Å². The lowest BCUT2D eigenvalue weighted by Gasteiger charge is -2.33. The van der Waals surface area contributed by atoms with Crippen molar-refractivity contribution >= 4 is 25.5 Å². The van der Waals surface area contributed by atoms with Crippen LogP contribution in [-0.2, 0) is 11.8 Å². The smallest absolute Gasteiger partial charge is 0.120 e. The molecule has 20 heavy (non-hydrogen) atoms. The lowest BCUT2D eigenvalue weighted by molar-refractivity contribution is 0.0368. The summed E-state index contributed by atoms with van der Waals surface area (Å²) in [5, 5.41) is 4.21. The molecule has 0 fully saturated rings. The minimum atomic E-state index is -0.128. The largest absolute Gasteiger partial charge is 0.487 e. The maximum atomic E-state index is 6.14. The third-order valence-corrected chi connectivity index (χ3v) is 4.70. The highest BCUT2D eigenvalue weighted by Gasteiger charge is 2.28. The summed E-state index contributed by atoms with van der Waals surface area (Å²) in [4.78, 5) is 0. The fourth-order valence-corrected chi connectivity index (χ4v) is 1.88. The number of hydrogen-bond acceptors (Lipinski definition) is 3. The number of hydrazone groups is 1. The quantitative estimate of drug-likeness (QED) is 0.422. The molecule has 3 nitrogen and oxygen atoms in total. The van der Waals surface area contributed by atoms with Gasteiger partial charge in [0.25, 0.3) is 0 Å². The summed E-state index contributed by atoms with van der Waals surface area (Å²) in [5.41, 5.74) is 0.905. The van der Waals surface area contributed by atoms with E-state index in [0.717, 1.165) is 17.7 Å². The molecular formula is C15H23N2OPS. The predicted molar refractivity (Wildman–Crippen MR) is 90.2 cm³/mol. The van der Waals surface area contributed by atoms with Crippen molar-refractivity contribution in [3.8, 4) is 5.75 Å². The van der Waals surface area contributed by atoms with E-state index in [0.29, 0.717) is 13.4 Å². The zero-order chi connectivity index (χ0) is 15.2. The monoisotopic (exact) mass is 310 g/mol. The van der Waals surface area contributed by atoms with Crippen LogP contribution in [0.3, 0.4) is 0 Å². The molecule has 0 saturated carbocycles. The minimum Gasteiger partial charge on any atom is -0.487 e. The molecule has 5 heteroatoms. The molecule has 0 aliphatic rings. The van der Waals surface area contributed by atoms with Crippen molar-refractivity contribution in [3.63, 3.8) is 0 Å². The van der Waals surface area contributed by atoms with Gasteiger partial charge in [0.2, 0.25) is 0 Å². The summed E-state index contributed by atoms with van der Waals surface area (Å²) in [6.07, 6.45) is 2.78. The van der Waals surface area contributed by atoms with E-state index in [1.165, 1.54) is 0 Å². The number of ether oxygens (including phenoxy) is 1. The molecule has 0 spiro atoms. The van der Waals surface area contributed by atoms with E-state index in [1.807, 2.05) is 31.3 Å². The Morgan fingerprint density at radius 2 is 2.00 bits per heavy atom. The van der Waals surface area contributed by atoms with Gasteiger partial charge in [-0.15, -0.1) is 0 Å². The molecule has 1 aromatic carbocycles. The maximum Gasteiger partial charge on any atom is 0.120 e. The summed E-state index contributed by atoms with van der Waals surface area (Å²) >= 11 is 4.87. The Kier molecular flexibility index (Phi) is 6.57. The summed E-state index contributed by atoms with van der Waals surface area (Å²) in [5.74, 6) is 1.36. The van der Waals surface area contributed by atoms with E-state index in [-0.39, 0.29) is 5.60 Å². The fraction of sp³-hybridized carbons (Fsp3) is 0.533. The maximum absolute atomic E-state index is 6.14. The first-order valence-electron chi connectivity index (χ1n) is 6.81. The fourth-order valence-electron chi connectivity index (χ4n) is 1.66. The first-order chi connectivity index (χ1) is 9.41. The Morgan fingerprint density at radius 1 is 1.40 bits per heavy atom. The predicted octanol–water partition coefficient (Wildman–Crippen LogP) is 4.48. The van der Waals surface area contributed by atoms with Crippen LogP contribution in [0.2, 0.25) is 0 Å². The average molecular weight is 310 g/mol. The van der Waals surface area contributed by atoms with Gasteiger partial charge in [-0.25, -0.2) is 4.78 Å². The summed E-state index contributed by atoms with van der Waals surface area (Å²) < 4.78 is 7.83. The SMILES string of the molecule is CCC(C)(Oc1ccc(C=NN(C)P=S)cc1)C(C)C. The van der Waals surface area contributed by atoms with Gasteiger partial charge in [-0.05, 0) is 60.9 Å². The number of benzene rings is 1. The second kappa shape index (κ2) is 7.70. The van der Waals surface area contributed by atoms with Gasteiger partial charge in [-0.3, -0.25) is 0 Å².